The number of rotatable bonds is 13. The zero-order valence-electron chi connectivity index (χ0n) is 18.3. The largest absolute Gasteiger partial charge is 0.494 e. The highest BCUT2D eigenvalue weighted by atomic mass is 16.5. The van der Waals surface area contributed by atoms with E-state index < -0.39 is 0 Å². The van der Waals surface area contributed by atoms with Crippen molar-refractivity contribution in [3.05, 3.63) is 29.8 Å². The van der Waals surface area contributed by atoms with Gasteiger partial charge in [0.1, 0.15) is 5.75 Å². The number of benzene rings is 1. The molecule has 156 valence electrons. The molecule has 2 rings (SSSR count). The Morgan fingerprint density at radius 3 is 2.25 bits per heavy atom. The number of hydrogen-bond donors (Lipinski definition) is 0. The molecule has 2 heteroatoms. The Bertz CT molecular complexity index is 551. The van der Waals surface area contributed by atoms with Crippen molar-refractivity contribution in [1.82, 2.24) is 0 Å². The summed E-state index contributed by atoms with van der Waals surface area (Å²) in [5.74, 6) is 2.62. The summed E-state index contributed by atoms with van der Waals surface area (Å²) in [7, 11) is 0. The Labute approximate surface area is 173 Å². The van der Waals surface area contributed by atoms with Crippen LogP contribution in [0.3, 0.4) is 0 Å². The van der Waals surface area contributed by atoms with Gasteiger partial charge < -0.3 is 4.74 Å². The van der Waals surface area contributed by atoms with Gasteiger partial charge >= 0.3 is 0 Å². The molecule has 2 nitrogen and oxygen atoms in total. The van der Waals surface area contributed by atoms with Gasteiger partial charge in [-0.05, 0) is 55.2 Å². The molecule has 1 aliphatic rings. The predicted molar refractivity (Wildman–Crippen MR) is 118 cm³/mol. The van der Waals surface area contributed by atoms with E-state index in [-0.39, 0.29) is 5.92 Å². The highest BCUT2D eigenvalue weighted by molar-refractivity contribution is 5.28. The van der Waals surface area contributed by atoms with E-state index in [1.165, 1.54) is 76.2 Å². The minimum absolute atomic E-state index is 0.164. The van der Waals surface area contributed by atoms with Gasteiger partial charge in [-0.25, -0.2) is 0 Å². The lowest BCUT2D eigenvalue weighted by molar-refractivity contribution is 0.223. The van der Waals surface area contributed by atoms with Crippen molar-refractivity contribution in [2.75, 3.05) is 6.61 Å². The van der Waals surface area contributed by atoms with Crippen molar-refractivity contribution in [2.45, 2.75) is 97.3 Å². The second kappa shape index (κ2) is 13.6. The highest BCUT2D eigenvalue weighted by Gasteiger charge is 2.27. The van der Waals surface area contributed by atoms with Crippen LogP contribution in [0.15, 0.2) is 24.3 Å². The topological polar surface area (TPSA) is 33.0 Å². The highest BCUT2D eigenvalue weighted by Crippen LogP contribution is 2.36. The van der Waals surface area contributed by atoms with E-state index in [1.54, 1.807) is 0 Å². The van der Waals surface area contributed by atoms with Crippen LogP contribution in [-0.2, 0) is 6.42 Å². The molecule has 0 radical (unpaired) electrons. The Morgan fingerprint density at radius 1 is 0.929 bits per heavy atom. The van der Waals surface area contributed by atoms with Gasteiger partial charge in [-0.2, -0.15) is 5.26 Å². The molecule has 1 atom stereocenters. The molecule has 1 aromatic carbocycles. The molecule has 0 saturated heterocycles. The van der Waals surface area contributed by atoms with E-state index in [0.717, 1.165) is 31.1 Å². The molecule has 1 aromatic rings. The zero-order valence-corrected chi connectivity index (χ0v) is 18.3. The quantitative estimate of drug-likeness (QED) is 0.327. The van der Waals surface area contributed by atoms with Gasteiger partial charge in [0.25, 0.3) is 0 Å². The van der Waals surface area contributed by atoms with Gasteiger partial charge in [0, 0.05) is 0 Å². The molecule has 0 spiro atoms. The third-order valence-corrected chi connectivity index (χ3v) is 6.47. The minimum atomic E-state index is 0.164. The van der Waals surface area contributed by atoms with Crippen LogP contribution in [0.5, 0.6) is 5.75 Å². The van der Waals surface area contributed by atoms with Crippen LogP contribution in [-0.4, -0.2) is 6.61 Å². The number of unbranched alkanes of at least 4 members (excludes halogenated alkanes) is 5. The van der Waals surface area contributed by atoms with Gasteiger partial charge in [-0.3, -0.25) is 0 Å². The average Bonchev–Trinajstić information content (AvgIpc) is 2.73. The van der Waals surface area contributed by atoms with Gasteiger partial charge in [0.15, 0.2) is 0 Å². The fraction of sp³-hybridized carbons (Fsp3) is 0.731. The van der Waals surface area contributed by atoms with E-state index in [9.17, 15) is 5.26 Å². The molecule has 0 aromatic heterocycles. The summed E-state index contributed by atoms with van der Waals surface area (Å²) in [5.41, 5.74) is 1.27. The molecule has 1 fully saturated rings. The number of hydrogen-bond acceptors (Lipinski definition) is 2. The maximum atomic E-state index is 9.71. The first-order valence-electron chi connectivity index (χ1n) is 11.9. The summed E-state index contributed by atoms with van der Waals surface area (Å²) in [6, 6.07) is 11.1. The lowest BCUT2D eigenvalue weighted by Crippen LogP contribution is -2.22. The van der Waals surface area contributed by atoms with E-state index in [1.807, 2.05) is 0 Å². The zero-order chi connectivity index (χ0) is 20.0. The number of nitriles is 1. The minimum Gasteiger partial charge on any atom is -0.494 e. The van der Waals surface area contributed by atoms with E-state index in [4.69, 9.17) is 4.74 Å². The molecule has 0 heterocycles. The number of ether oxygens (including phenoxy) is 1. The van der Waals surface area contributed by atoms with E-state index in [2.05, 4.69) is 44.2 Å². The van der Waals surface area contributed by atoms with E-state index >= 15 is 0 Å². The number of nitrogens with zero attached hydrogens (tertiary/aromatic N) is 1. The molecule has 0 aliphatic heterocycles. The third-order valence-electron chi connectivity index (χ3n) is 6.47. The van der Waals surface area contributed by atoms with Crippen molar-refractivity contribution >= 4 is 0 Å². The molecular weight excluding hydrogens is 342 g/mol. The van der Waals surface area contributed by atoms with Crippen LogP contribution in [0, 0.1) is 29.1 Å². The fourth-order valence-corrected chi connectivity index (χ4v) is 4.65. The van der Waals surface area contributed by atoms with Gasteiger partial charge in [-0.15, -0.1) is 0 Å². The van der Waals surface area contributed by atoms with Crippen molar-refractivity contribution in [1.29, 1.82) is 5.26 Å². The monoisotopic (exact) mass is 383 g/mol. The summed E-state index contributed by atoms with van der Waals surface area (Å²) in [5, 5.41) is 9.71. The average molecular weight is 384 g/mol. The molecule has 1 saturated carbocycles. The van der Waals surface area contributed by atoms with Crippen LogP contribution in [0.1, 0.15) is 96.5 Å². The van der Waals surface area contributed by atoms with Gasteiger partial charge in [0.05, 0.1) is 18.6 Å². The van der Waals surface area contributed by atoms with Crippen molar-refractivity contribution < 1.29 is 4.74 Å². The Balaban J connectivity index is 1.70. The molecular formula is C26H41NO. The first kappa shape index (κ1) is 22.8. The van der Waals surface area contributed by atoms with Gasteiger partial charge in [-0.1, -0.05) is 83.8 Å². The molecule has 0 bridgehead atoms. The lowest BCUT2D eigenvalue weighted by atomic mass is 9.73. The summed E-state index contributed by atoms with van der Waals surface area (Å²) in [6.07, 6.45) is 16.4. The molecule has 0 amide bonds. The Hall–Kier alpha value is -1.49. The Kier molecular flexibility index (Phi) is 11.1. The van der Waals surface area contributed by atoms with Crippen LogP contribution < -0.4 is 4.74 Å². The third kappa shape index (κ3) is 8.26. The van der Waals surface area contributed by atoms with Crippen LogP contribution in [0.2, 0.25) is 0 Å². The van der Waals surface area contributed by atoms with Gasteiger partial charge in [0.2, 0.25) is 0 Å². The van der Waals surface area contributed by atoms with Crippen molar-refractivity contribution in [2.24, 2.45) is 17.8 Å². The van der Waals surface area contributed by atoms with Crippen molar-refractivity contribution in [3.63, 3.8) is 0 Å². The Morgan fingerprint density at radius 2 is 1.61 bits per heavy atom. The molecule has 1 unspecified atom stereocenters. The first-order chi connectivity index (χ1) is 13.8. The second-order valence-corrected chi connectivity index (χ2v) is 8.77. The maximum Gasteiger partial charge on any atom is 0.119 e. The van der Waals surface area contributed by atoms with Crippen molar-refractivity contribution in [3.8, 4) is 11.8 Å². The maximum absolute atomic E-state index is 9.71. The summed E-state index contributed by atoms with van der Waals surface area (Å²) in [4.78, 5) is 0. The molecule has 0 N–H and O–H groups in total. The summed E-state index contributed by atoms with van der Waals surface area (Å²) < 4.78 is 5.88. The normalized spacial score (nSPS) is 20.5. The van der Waals surface area contributed by atoms with Crippen LogP contribution in [0.4, 0.5) is 0 Å². The molecule has 28 heavy (non-hydrogen) atoms. The molecule has 1 aliphatic carbocycles. The van der Waals surface area contributed by atoms with Crippen LogP contribution >= 0.6 is 0 Å². The predicted octanol–water partition coefficient (Wildman–Crippen LogP) is 7.71. The second-order valence-electron chi connectivity index (χ2n) is 8.77. The SMILES string of the molecule is CCCCCCCCOc1ccc(CC(C#N)[C@H]2CC[C@H](CCC)CC2)cc1. The fourth-order valence-electron chi connectivity index (χ4n) is 4.65. The standard InChI is InChI=1S/C26H41NO/c1-3-5-6-7-8-9-19-28-26-17-13-23(14-18-26)20-25(21-27)24-15-11-22(10-4-2)12-16-24/h13-14,17-18,22,24-25H,3-12,15-16,19-20H2,1-2H3/t22-,24-,25?. The lowest BCUT2D eigenvalue weighted by Gasteiger charge is -2.31. The van der Waals surface area contributed by atoms with Crippen LogP contribution in [0.25, 0.3) is 0 Å². The summed E-state index contributed by atoms with van der Waals surface area (Å²) >= 11 is 0. The first-order valence-corrected chi connectivity index (χ1v) is 11.9. The summed E-state index contributed by atoms with van der Waals surface area (Å²) in [6.45, 7) is 5.35. The van der Waals surface area contributed by atoms with E-state index in [0.29, 0.717) is 5.92 Å². The smallest absolute Gasteiger partial charge is 0.119 e.